The van der Waals surface area contributed by atoms with Gasteiger partial charge in [-0.15, -0.1) is 0 Å². The molecule has 11 heteroatoms. The average Bonchev–Trinajstić information content (AvgIpc) is 2.38. The lowest BCUT2D eigenvalue weighted by molar-refractivity contribution is -0.384. The second kappa shape index (κ2) is 5.33. The van der Waals surface area contributed by atoms with Gasteiger partial charge in [0.1, 0.15) is 21.6 Å². The number of amides is 2. The standard InChI is InChI=1S/C10H7Br2N5O4/c11-2-1-3-5(8(4(2)12)17(20)21)16-7(10(14)19)6(15-3)9(13)18/h1,15-16H,(H2,13,18)(H2,14,19). The number of nitrogens with one attached hydrogen (secondary N) is 2. The number of carbonyl (C=O) groups is 2. The summed E-state index contributed by atoms with van der Waals surface area (Å²) in [5.41, 5.74) is 9.57. The smallest absolute Gasteiger partial charge is 0.310 e. The van der Waals surface area contributed by atoms with Gasteiger partial charge < -0.3 is 22.1 Å². The van der Waals surface area contributed by atoms with Gasteiger partial charge in [-0.25, -0.2) is 0 Å². The first kappa shape index (κ1) is 15.3. The van der Waals surface area contributed by atoms with Crippen molar-refractivity contribution in [2.75, 3.05) is 10.6 Å². The maximum absolute atomic E-state index is 11.4. The van der Waals surface area contributed by atoms with Crippen molar-refractivity contribution in [3.8, 4) is 0 Å². The van der Waals surface area contributed by atoms with E-state index in [2.05, 4.69) is 42.5 Å². The lowest BCUT2D eigenvalue weighted by atomic mass is 10.1. The van der Waals surface area contributed by atoms with E-state index in [9.17, 15) is 19.7 Å². The van der Waals surface area contributed by atoms with Crippen LogP contribution in [0.4, 0.5) is 17.1 Å². The third kappa shape index (κ3) is 2.56. The molecule has 0 radical (unpaired) electrons. The Kier molecular flexibility index (Phi) is 3.87. The number of benzene rings is 1. The van der Waals surface area contributed by atoms with Crippen LogP contribution in [0.15, 0.2) is 26.4 Å². The molecule has 1 aliphatic heterocycles. The predicted octanol–water partition coefficient (Wildman–Crippen LogP) is 1.14. The molecule has 1 aromatic rings. The topological polar surface area (TPSA) is 153 Å². The molecule has 0 bridgehead atoms. The number of nitro benzene ring substituents is 1. The second-order valence-electron chi connectivity index (χ2n) is 3.93. The summed E-state index contributed by atoms with van der Waals surface area (Å²) in [6, 6.07) is 1.49. The van der Waals surface area contributed by atoms with Crippen LogP contribution in [0.2, 0.25) is 0 Å². The van der Waals surface area contributed by atoms with E-state index in [-0.39, 0.29) is 32.9 Å². The minimum Gasteiger partial charge on any atom is -0.364 e. The Labute approximate surface area is 134 Å². The van der Waals surface area contributed by atoms with Crippen LogP contribution in [0.1, 0.15) is 0 Å². The van der Waals surface area contributed by atoms with Crippen LogP contribution in [0, 0.1) is 10.1 Å². The van der Waals surface area contributed by atoms with Crippen molar-refractivity contribution >= 4 is 60.7 Å². The maximum Gasteiger partial charge on any atom is 0.310 e. The number of carbonyl (C=O) groups excluding carboxylic acids is 2. The first-order chi connectivity index (χ1) is 9.73. The number of rotatable bonds is 3. The molecule has 0 saturated heterocycles. The zero-order valence-electron chi connectivity index (χ0n) is 10.1. The minimum atomic E-state index is -0.977. The van der Waals surface area contributed by atoms with Crippen LogP contribution in [-0.2, 0) is 9.59 Å². The molecule has 2 rings (SSSR count). The number of hydrogen-bond donors (Lipinski definition) is 4. The molecule has 21 heavy (non-hydrogen) atoms. The fourth-order valence-electron chi connectivity index (χ4n) is 1.76. The van der Waals surface area contributed by atoms with Gasteiger partial charge in [-0.1, -0.05) is 0 Å². The highest BCUT2D eigenvalue weighted by Gasteiger charge is 2.32. The van der Waals surface area contributed by atoms with E-state index in [1.165, 1.54) is 6.07 Å². The molecular weight excluding hydrogens is 414 g/mol. The number of nitro groups is 1. The van der Waals surface area contributed by atoms with Gasteiger partial charge in [-0.05, 0) is 37.9 Å². The summed E-state index contributed by atoms with van der Waals surface area (Å²) < 4.78 is 0.556. The highest BCUT2D eigenvalue weighted by atomic mass is 79.9. The molecule has 0 unspecified atom stereocenters. The molecule has 9 nitrogen and oxygen atoms in total. The summed E-state index contributed by atoms with van der Waals surface area (Å²) in [4.78, 5) is 33.3. The molecule has 0 saturated carbocycles. The highest BCUT2D eigenvalue weighted by molar-refractivity contribution is 9.13. The molecule has 1 aliphatic rings. The van der Waals surface area contributed by atoms with Crippen LogP contribution in [0.3, 0.4) is 0 Å². The predicted molar refractivity (Wildman–Crippen MR) is 81.2 cm³/mol. The zero-order valence-corrected chi connectivity index (χ0v) is 13.2. The van der Waals surface area contributed by atoms with Crippen molar-refractivity contribution in [3.05, 3.63) is 36.5 Å². The average molecular weight is 421 g/mol. The monoisotopic (exact) mass is 419 g/mol. The second-order valence-corrected chi connectivity index (χ2v) is 5.58. The summed E-state index contributed by atoms with van der Waals surface area (Å²) >= 11 is 6.23. The van der Waals surface area contributed by atoms with Crippen LogP contribution in [0.25, 0.3) is 0 Å². The molecule has 0 atom stereocenters. The Morgan fingerprint density at radius 2 is 1.67 bits per heavy atom. The maximum atomic E-state index is 11.4. The lowest BCUT2D eigenvalue weighted by Crippen LogP contribution is -2.33. The molecule has 110 valence electrons. The van der Waals surface area contributed by atoms with Gasteiger partial charge in [-0.2, -0.15) is 0 Å². The number of hydrogen-bond acceptors (Lipinski definition) is 6. The van der Waals surface area contributed by atoms with Gasteiger partial charge in [0.15, 0.2) is 0 Å². The number of fused-ring (bicyclic) bond motifs is 1. The van der Waals surface area contributed by atoms with Crippen molar-refractivity contribution < 1.29 is 14.5 Å². The van der Waals surface area contributed by atoms with Gasteiger partial charge in [0, 0.05) is 4.47 Å². The van der Waals surface area contributed by atoms with Crippen molar-refractivity contribution in [1.29, 1.82) is 0 Å². The number of anilines is 2. The first-order valence-corrected chi connectivity index (χ1v) is 6.87. The van der Waals surface area contributed by atoms with Gasteiger partial charge in [0.2, 0.25) is 0 Å². The van der Waals surface area contributed by atoms with Crippen molar-refractivity contribution in [2.45, 2.75) is 0 Å². The van der Waals surface area contributed by atoms with Gasteiger partial charge >= 0.3 is 5.69 Å². The lowest BCUT2D eigenvalue weighted by Gasteiger charge is -2.23. The fourth-order valence-corrected chi connectivity index (χ4v) is 2.64. The Morgan fingerprint density at radius 3 is 2.14 bits per heavy atom. The van der Waals surface area contributed by atoms with Crippen LogP contribution >= 0.6 is 31.9 Å². The summed E-state index contributed by atoms with van der Waals surface area (Å²) in [7, 11) is 0. The van der Waals surface area contributed by atoms with Crippen LogP contribution in [0.5, 0.6) is 0 Å². The van der Waals surface area contributed by atoms with E-state index >= 15 is 0 Å². The third-order valence-corrected chi connectivity index (χ3v) is 4.59. The van der Waals surface area contributed by atoms with E-state index in [1.807, 2.05) is 0 Å². The van der Waals surface area contributed by atoms with Crippen molar-refractivity contribution in [2.24, 2.45) is 11.5 Å². The number of nitrogens with two attached hydrogens (primary N) is 2. The number of nitrogens with zero attached hydrogens (tertiary/aromatic N) is 1. The van der Waals surface area contributed by atoms with E-state index in [0.717, 1.165) is 0 Å². The highest BCUT2D eigenvalue weighted by Crippen LogP contribution is 2.46. The Bertz CT molecular complexity index is 731. The van der Waals surface area contributed by atoms with Crippen LogP contribution in [-0.4, -0.2) is 16.7 Å². The minimum absolute atomic E-state index is 0.00567. The van der Waals surface area contributed by atoms with Crippen molar-refractivity contribution in [1.82, 2.24) is 0 Å². The Hall–Kier alpha value is -2.14. The van der Waals surface area contributed by atoms with E-state index in [1.54, 1.807) is 0 Å². The van der Waals surface area contributed by atoms with Gasteiger partial charge in [-0.3, -0.25) is 19.7 Å². The van der Waals surface area contributed by atoms with Crippen molar-refractivity contribution in [3.63, 3.8) is 0 Å². The number of halogens is 2. The fraction of sp³-hybridized carbons (Fsp3) is 0. The third-order valence-electron chi connectivity index (χ3n) is 2.63. The first-order valence-electron chi connectivity index (χ1n) is 5.28. The molecular formula is C10H7Br2N5O4. The summed E-state index contributed by atoms with van der Waals surface area (Å²) in [5.74, 6) is -1.90. The summed E-state index contributed by atoms with van der Waals surface area (Å²) in [5, 5.41) is 16.3. The molecule has 2 amide bonds. The molecule has 0 fully saturated rings. The molecule has 0 aliphatic carbocycles. The SMILES string of the molecule is NC(=O)C1=C(C(N)=O)Nc2c(cc(Br)c(Br)c2[N+](=O)[O-])N1. The van der Waals surface area contributed by atoms with Crippen LogP contribution < -0.4 is 22.1 Å². The molecule has 6 N–H and O–H groups in total. The quantitative estimate of drug-likeness (QED) is 0.424. The Balaban J connectivity index is 2.71. The summed E-state index contributed by atoms with van der Waals surface area (Å²) in [6.45, 7) is 0. The Morgan fingerprint density at radius 1 is 1.14 bits per heavy atom. The van der Waals surface area contributed by atoms with E-state index in [4.69, 9.17) is 11.5 Å². The molecule has 1 heterocycles. The molecule has 1 aromatic carbocycles. The zero-order chi connectivity index (χ0) is 15.9. The van der Waals surface area contributed by atoms with E-state index in [0.29, 0.717) is 4.47 Å². The van der Waals surface area contributed by atoms with Gasteiger partial charge in [0.05, 0.1) is 10.6 Å². The molecule has 0 spiro atoms. The largest absolute Gasteiger partial charge is 0.364 e. The normalized spacial score (nSPS) is 13.0. The van der Waals surface area contributed by atoms with E-state index < -0.39 is 16.7 Å². The summed E-state index contributed by atoms with van der Waals surface area (Å²) in [6.07, 6.45) is 0. The van der Waals surface area contributed by atoms with Gasteiger partial charge in [0.25, 0.3) is 11.8 Å². The molecule has 0 aromatic heterocycles. The number of primary amides is 2.